The van der Waals surface area contributed by atoms with Crippen LogP contribution in [0.5, 0.6) is 0 Å². The molecule has 138 valence electrons. The van der Waals surface area contributed by atoms with Gasteiger partial charge in [-0.05, 0) is 74.2 Å². The highest BCUT2D eigenvalue weighted by Gasteiger charge is 2.32. The van der Waals surface area contributed by atoms with Crippen molar-refractivity contribution >= 4 is 5.97 Å². The van der Waals surface area contributed by atoms with Crippen molar-refractivity contribution in [1.29, 1.82) is 0 Å². The molecule has 2 aliphatic rings. The molecule has 4 rings (SSSR count). The number of hydrogen-bond donors (Lipinski definition) is 1. The molecule has 0 amide bonds. The second kappa shape index (κ2) is 7.54. The number of hydrogen-bond acceptors (Lipinski definition) is 2. The fraction of sp³-hybridized carbons (Fsp3) is 0.348. The molecule has 3 nitrogen and oxygen atoms in total. The van der Waals surface area contributed by atoms with E-state index in [9.17, 15) is 14.3 Å². The summed E-state index contributed by atoms with van der Waals surface area (Å²) >= 11 is 0. The molecule has 1 unspecified atom stereocenters. The van der Waals surface area contributed by atoms with Crippen LogP contribution in [-0.2, 0) is 11.2 Å². The third-order valence-corrected chi connectivity index (χ3v) is 5.72. The Kier molecular flexibility index (Phi) is 4.96. The average Bonchev–Trinajstić information content (AvgIpc) is 3.10. The van der Waals surface area contributed by atoms with E-state index in [1.165, 1.54) is 17.2 Å². The summed E-state index contributed by atoms with van der Waals surface area (Å²) in [7, 11) is 0. The third-order valence-electron chi connectivity index (χ3n) is 5.72. The van der Waals surface area contributed by atoms with Crippen LogP contribution in [0.2, 0.25) is 0 Å². The van der Waals surface area contributed by atoms with E-state index in [1.54, 1.807) is 18.2 Å². The summed E-state index contributed by atoms with van der Waals surface area (Å²) in [6, 6.07) is 13.2. The summed E-state index contributed by atoms with van der Waals surface area (Å²) in [6.45, 7) is 1.69. The van der Waals surface area contributed by atoms with Gasteiger partial charge in [0.2, 0.25) is 0 Å². The van der Waals surface area contributed by atoms with Crippen molar-refractivity contribution in [3.63, 3.8) is 0 Å². The number of carbonyl (C=O) groups is 1. The number of halogens is 1. The lowest BCUT2D eigenvalue weighted by atomic mass is 9.94. The minimum Gasteiger partial charge on any atom is -0.481 e. The zero-order valence-electron chi connectivity index (χ0n) is 15.1. The first kappa shape index (κ1) is 17.8. The summed E-state index contributed by atoms with van der Waals surface area (Å²) in [4.78, 5) is 13.6. The quantitative estimate of drug-likeness (QED) is 0.820. The van der Waals surface area contributed by atoms with Gasteiger partial charge in [0.15, 0.2) is 0 Å². The Morgan fingerprint density at radius 1 is 1.07 bits per heavy atom. The molecule has 2 aromatic rings. The topological polar surface area (TPSA) is 40.5 Å². The van der Waals surface area contributed by atoms with Crippen molar-refractivity contribution in [1.82, 2.24) is 4.90 Å². The fourth-order valence-electron chi connectivity index (χ4n) is 4.21. The van der Waals surface area contributed by atoms with Crippen LogP contribution in [0, 0.1) is 23.6 Å². The van der Waals surface area contributed by atoms with Crippen LogP contribution in [0.3, 0.4) is 0 Å². The molecule has 1 aliphatic heterocycles. The van der Waals surface area contributed by atoms with Crippen LogP contribution < -0.4 is 0 Å². The van der Waals surface area contributed by atoms with Gasteiger partial charge in [-0.3, -0.25) is 9.69 Å². The number of benzene rings is 2. The van der Waals surface area contributed by atoms with Crippen LogP contribution in [0.4, 0.5) is 4.39 Å². The first-order chi connectivity index (χ1) is 13.1. The van der Waals surface area contributed by atoms with E-state index in [1.807, 2.05) is 6.07 Å². The Balaban J connectivity index is 1.49. The van der Waals surface area contributed by atoms with Crippen LogP contribution in [0.1, 0.15) is 47.6 Å². The monoisotopic (exact) mass is 363 g/mol. The zero-order chi connectivity index (χ0) is 18.8. The molecule has 0 radical (unpaired) electrons. The second-order valence-electron chi connectivity index (χ2n) is 7.35. The van der Waals surface area contributed by atoms with Crippen LogP contribution in [-0.4, -0.2) is 29.1 Å². The Bertz CT molecular complexity index is 919. The first-order valence-electron chi connectivity index (χ1n) is 9.48. The molecule has 2 aromatic carbocycles. The molecule has 1 heterocycles. The minimum absolute atomic E-state index is 0.196. The summed E-state index contributed by atoms with van der Waals surface area (Å²) < 4.78 is 13.7. The predicted molar refractivity (Wildman–Crippen MR) is 102 cm³/mol. The summed E-state index contributed by atoms with van der Waals surface area (Å²) in [5.74, 6) is 4.84. The maximum absolute atomic E-state index is 13.7. The average molecular weight is 363 g/mol. The van der Waals surface area contributed by atoms with Gasteiger partial charge in [0, 0.05) is 11.6 Å². The number of carboxylic acid groups (broad SMARTS) is 1. The molecule has 1 fully saturated rings. The van der Waals surface area contributed by atoms with Crippen LogP contribution >= 0.6 is 0 Å². The minimum atomic E-state index is -0.667. The number of aryl methyl sites for hydroxylation is 1. The van der Waals surface area contributed by atoms with Crippen molar-refractivity contribution in [2.45, 2.75) is 31.7 Å². The van der Waals surface area contributed by atoms with Crippen molar-refractivity contribution in [2.75, 3.05) is 13.1 Å². The lowest BCUT2D eigenvalue weighted by molar-refractivity contribution is -0.143. The van der Waals surface area contributed by atoms with E-state index in [4.69, 9.17) is 0 Å². The molecule has 27 heavy (non-hydrogen) atoms. The Hall–Kier alpha value is -2.64. The Morgan fingerprint density at radius 3 is 2.59 bits per heavy atom. The molecule has 0 bridgehead atoms. The van der Waals surface area contributed by atoms with Crippen molar-refractivity contribution < 1.29 is 14.3 Å². The summed E-state index contributed by atoms with van der Waals surface area (Å²) in [6.07, 6.45) is 3.53. The van der Waals surface area contributed by atoms with Gasteiger partial charge in [-0.1, -0.05) is 30.0 Å². The largest absolute Gasteiger partial charge is 0.481 e. The number of aliphatic carboxylic acids is 1. The second-order valence-corrected chi connectivity index (χ2v) is 7.35. The van der Waals surface area contributed by atoms with Crippen molar-refractivity contribution in [3.05, 3.63) is 70.5 Å². The van der Waals surface area contributed by atoms with Crippen LogP contribution in [0.15, 0.2) is 42.5 Å². The molecular formula is C23H22FNO2. The molecular weight excluding hydrogens is 341 g/mol. The van der Waals surface area contributed by atoms with Gasteiger partial charge < -0.3 is 5.11 Å². The SMILES string of the molecule is O=C(O)C1CCN(C2CCc3cc(C#Cc4ccccc4F)ccc32)CC1. The van der Waals surface area contributed by atoms with E-state index in [2.05, 4.69) is 28.9 Å². The van der Waals surface area contributed by atoms with Crippen molar-refractivity contribution in [3.8, 4) is 11.8 Å². The van der Waals surface area contributed by atoms with E-state index in [-0.39, 0.29) is 11.7 Å². The number of fused-ring (bicyclic) bond motifs is 1. The number of carboxylic acids is 1. The van der Waals surface area contributed by atoms with Gasteiger partial charge in [-0.15, -0.1) is 0 Å². The van der Waals surface area contributed by atoms with E-state index in [0.717, 1.165) is 44.3 Å². The number of piperidine rings is 1. The maximum atomic E-state index is 13.7. The molecule has 0 saturated carbocycles. The summed E-state index contributed by atoms with van der Waals surface area (Å²) in [5, 5.41) is 9.17. The number of nitrogens with zero attached hydrogens (tertiary/aromatic N) is 1. The lowest BCUT2D eigenvalue weighted by Gasteiger charge is -2.35. The third kappa shape index (κ3) is 3.74. The predicted octanol–water partition coefficient (Wildman–Crippen LogP) is 4.01. The standard InChI is InChI=1S/C23H22FNO2/c24-21-4-2-1-3-17(21)7-5-16-6-9-20-19(15-16)8-10-22(20)25-13-11-18(12-14-25)23(26)27/h1-4,6,9,15,18,22H,8,10-14H2,(H,26,27). The van der Waals surface area contributed by atoms with Gasteiger partial charge in [-0.2, -0.15) is 0 Å². The van der Waals surface area contributed by atoms with Crippen LogP contribution in [0.25, 0.3) is 0 Å². The zero-order valence-corrected chi connectivity index (χ0v) is 15.1. The van der Waals surface area contributed by atoms with Gasteiger partial charge in [0.05, 0.1) is 11.5 Å². The first-order valence-corrected chi connectivity index (χ1v) is 9.48. The molecule has 1 aliphatic carbocycles. The van der Waals surface area contributed by atoms with E-state index < -0.39 is 5.97 Å². The molecule has 0 aromatic heterocycles. The molecule has 1 saturated heterocycles. The summed E-state index contributed by atoms with van der Waals surface area (Å²) in [5.41, 5.74) is 3.96. The molecule has 4 heteroatoms. The van der Waals surface area contributed by atoms with Gasteiger partial charge in [-0.25, -0.2) is 4.39 Å². The van der Waals surface area contributed by atoms with Gasteiger partial charge >= 0.3 is 5.97 Å². The molecule has 1 N–H and O–H groups in total. The van der Waals surface area contributed by atoms with Gasteiger partial charge in [0.25, 0.3) is 0 Å². The lowest BCUT2D eigenvalue weighted by Crippen LogP contribution is -2.38. The maximum Gasteiger partial charge on any atom is 0.306 e. The Morgan fingerprint density at radius 2 is 1.85 bits per heavy atom. The smallest absolute Gasteiger partial charge is 0.306 e. The number of likely N-dealkylation sites (tertiary alicyclic amines) is 1. The number of rotatable bonds is 2. The Labute approximate surface area is 158 Å². The molecule has 1 atom stereocenters. The van der Waals surface area contributed by atoms with Crippen molar-refractivity contribution in [2.24, 2.45) is 5.92 Å². The van der Waals surface area contributed by atoms with Gasteiger partial charge in [0.1, 0.15) is 5.82 Å². The van der Waals surface area contributed by atoms with E-state index >= 15 is 0 Å². The fourth-order valence-corrected chi connectivity index (χ4v) is 4.21. The normalized spacial score (nSPS) is 20.0. The van der Waals surface area contributed by atoms with E-state index in [0.29, 0.717) is 11.6 Å². The highest BCUT2D eigenvalue weighted by Crippen LogP contribution is 2.38. The molecule has 0 spiro atoms. The highest BCUT2D eigenvalue weighted by atomic mass is 19.1. The highest BCUT2D eigenvalue weighted by molar-refractivity contribution is 5.70.